The maximum Gasteiger partial charge on any atom is 0.261 e. The van der Waals surface area contributed by atoms with Crippen LogP contribution in [0.3, 0.4) is 0 Å². The van der Waals surface area contributed by atoms with Crippen LogP contribution in [-0.4, -0.2) is 36.4 Å². The van der Waals surface area contributed by atoms with Gasteiger partial charge in [0.1, 0.15) is 11.8 Å². The first-order valence-corrected chi connectivity index (χ1v) is 11.8. The number of nitrogens with one attached hydrogen (secondary N) is 1. The topological polar surface area (TPSA) is 58.6 Å². The number of amides is 2. The Morgan fingerprint density at radius 2 is 1.64 bits per heavy atom. The molecule has 0 aliphatic rings. The van der Waals surface area contributed by atoms with Gasteiger partial charge in [-0.15, -0.1) is 0 Å². The normalized spacial score (nSPS) is 11.5. The number of benzene rings is 3. The molecule has 3 aromatic rings. The second-order valence-corrected chi connectivity index (χ2v) is 8.67. The molecule has 0 spiro atoms. The molecule has 0 aliphatic carbocycles. The van der Waals surface area contributed by atoms with E-state index in [9.17, 15) is 9.59 Å². The van der Waals surface area contributed by atoms with E-state index in [4.69, 9.17) is 4.74 Å². The van der Waals surface area contributed by atoms with E-state index in [1.807, 2.05) is 78.9 Å². The first-order chi connectivity index (χ1) is 16.0. The summed E-state index contributed by atoms with van der Waals surface area (Å²) in [6, 6.07) is 24.5. The third-order valence-corrected chi connectivity index (χ3v) is 5.95. The first kappa shape index (κ1) is 24.5. The second kappa shape index (κ2) is 12.2. The van der Waals surface area contributed by atoms with Gasteiger partial charge in [-0.25, -0.2) is 0 Å². The fourth-order valence-electron chi connectivity index (χ4n) is 3.60. The van der Waals surface area contributed by atoms with Gasteiger partial charge >= 0.3 is 0 Å². The minimum absolute atomic E-state index is 0.151. The van der Waals surface area contributed by atoms with Crippen molar-refractivity contribution in [3.8, 4) is 5.75 Å². The lowest BCUT2D eigenvalue weighted by molar-refractivity contribution is -0.142. The number of nitrogens with zero attached hydrogens (tertiary/aromatic N) is 1. The molecule has 0 unspecified atom stereocenters. The Kier molecular flexibility index (Phi) is 9.07. The first-order valence-electron chi connectivity index (χ1n) is 11.0. The van der Waals surface area contributed by atoms with Crippen molar-refractivity contribution in [2.75, 3.05) is 13.7 Å². The van der Waals surface area contributed by atoms with Crippen LogP contribution in [0.4, 0.5) is 0 Å². The molecule has 0 fully saturated rings. The molecule has 5 nitrogen and oxygen atoms in total. The minimum atomic E-state index is -0.671. The van der Waals surface area contributed by atoms with Crippen molar-refractivity contribution in [3.63, 3.8) is 0 Å². The van der Waals surface area contributed by atoms with Gasteiger partial charge in [0.05, 0.1) is 0 Å². The van der Waals surface area contributed by atoms with Crippen molar-refractivity contribution in [3.05, 3.63) is 100 Å². The fraction of sp³-hybridized carbons (Fsp3) is 0.259. The Hall–Kier alpha value is -3.12. The predicted octanol–water partition coefficient (Wildman–Crippen LogP) is 4.78. The summed E-state index contributed by atoms with van der Waals surface area (Å²) in [7, 11) is 1.59. The van der Waals surface area contributed by atoms with E-state index in [0.29, 0.717) is 18.7 Å². The van der Waals surface area contributed by atoms with Crippen LogP contribution in [0, 0.1) is 0 Å². The maximum atomic E-state index is 13.4. The van der Waals surface area contributed by atoms with Gasteiger partial charge in [-0.1, -0.05) is 77.5 Å². The van der Waals surface area contributed by atoms with E-state index < -0.39 is 6.04 Å². The standard InChI is InChI=1S/C27H29BrN2O3/c1-3-20-12-14-24(15-13-20)33-19-26(31)30(18-22-10-7-11-23(28)16-22)25(27(32)29-2)17-21-8-5-4-6-9-21/h4-16,25H,3,17-19H2,1-2H3,(H,29,32)/t25-/m1/s1. The highest BCUT2D eigenvalue weighted by Crippen LogP contribution is 2.19. The summed E-state index contributed by atoms with van der Waals surface area (Å²) < 4.78 is 6.71. The molecular formula is C27H29BrN2O3. The molecule has 6 heteroatoms. The zero-order valence-corrected chi connectivity index (χ0v) is 20.5. The van der Waals surface area contributed by atoms with Crippen LogP contribution in [0.15, 0.2) is 83.3 Å². The van der Waals surface area contributed by atoms with Crippen molar-refractivity contribution in [2.24, 2.45) is 0 Å². The Morgan fingerprint density at radius 1 is 0.939 bits per heavy atom. The number of likely N-dealkylation sites (N-methyl/N-ethyl adjacent to an activating group) is 1. The molecule has 0 saturated carbocycles. The summed E-state index contributed by atoms with van der Waals surface area (Å²) in [6.07, 6.45) is 1.35. The van der Waals surface area contributed by atoms with E-state index >= 15 is 0 Å². The van der Waals surface area contributed by atoms with E-state index in [-0.39, 0.29) is 18.4 Å². The van der Waals surface area contributed by atoms with Crippen molar-refractivity contribution in [1.82, 2.24) is 10.2 Å². The van der Waals surface area contributed by atoms with Crippen LogP contribution >= 0.6 is 15.9 Å². The van der Waals surface area contributed by atoms with Crippen molar-refractivity contribution in [2.45, 2.75) is 32.4 Å². The number of ether oxygens (including phenoxy) is 1. The number of carbonyl (C=O) groups is 2. The van der Waals surface area contributed by atoms with Crippen LogP contribution in [0.1, 0.15) is 23.6 Å². The highest BCUT2D eigenvalue weighted by molar-refractivity contribution is 9.10. The van der Waals surface area contributed by atoms with Crippen molar-refractivity contribution < 1.29 is 14.3 Å². The lowest BCUT2D eigenvalue weighted by Crippen LogP contribution is -2.51. The highest BCUT2D eigenvalue weighted by Gasteiger charge is 2.30. The summed E-state index contributed by atoms with van der Waals surface area (Å²) in [5, 5.41) is 2.72. The zero-order chi connectivity index (χ0) is 23.6. The Balaban J connectivity index is 1.85. The quantitative estimate of drug-likeness (QED) is 0.428. The Morgan fingerprint density at radius 3 is 2.27 bits per heavy atom. The van der Waals surface area contributed by atoms with Crippen LogP contribution in [-0.2, 0) is 29.0 Å². The van der Waals surface area contributed by atoms with Crippen LogP contribution in [0.2, 0.25) is 0 Å². The minimum Gasteiger partial charge on any atom is -0.484 e. The number of carbonyl (C=O) groups excluding carboxylic acids is 2. The van der Waals surface area contributed by atoms with Gasteiger partial charge in [-0.3, -0.25) is 9.59 Å². The van der Waals surface area contributed by atoms with Crippen molar-refractivity contribution in [1.29, 1.82) is 0 Å². The van der Waals surface area contributed by atoms with E-state index in [1.165, 1.54) is 5.56 Å². The smallest absolute Gasteiger partial charge is 0.261 e. The molecule has 0 saturated heterocycles. The van der Waals surface area contributed by atoms with Gasteiger partial charge in [-0.2, -0.15) is 0 Å². The Labute approximate surface area is 203 Å². The van der Waals surface area contributed by atoms with Gasteiger partial charge in [0.2, 0.25) is 5.91 Å². The molecule has 0 bridgehead atoms. The molecular weight excluding hydrogens is 480 g/mol. The van der Waals surface area contributed by atoms with E-state index in [2.05, 4.69) is 28.2 Å². The molecule has 0 heterocycles. The second-order valence-electron chi connectivity index (χ2n) is 7.76. The molecule has 0 aliphatic heterocycles. The zero-order valence-electron chi connectivity index (χ0n) is 19.0. The summed E-state index contributed by atoms with van der Waals surface area (Å²) >= 11 is 3.49. The van der Waals surface area contributed by atoms with Gasteiger partial charge < -0.3 is 15.0 Å². The lowest BCUT2D eigenvalue weighted by Gasteiger charge is -2.31. The SMILES string of the molecule is CCc1ccc(OCC(=O)N(Cc2cccc(Br)c2)[C@H](Cc2ccccc2)C(=O)NC)cc1. The van der Waals surface area contributed by atoms with Crippen molar-refractivity contribution >= 4 is 27.7 Å². The molecule has 0 aromatic heterocycles. The largest absolute Gasteiger partial charge is 0.484 e. The molecule has 2 amide bonds. The van der Waals surface area contributed by atoms with Crippen LogP contribution < -0.4 is 10.1 Å². The van der Waals surface area contributed by atoms with E-state index in [1.54, 1.807) is 11.9 Å². The van der Waals surface area contributed by atoms with Gasteiger partial charge in [0.15, 0.2) is 6.61 Å². The number of aryl methyl sites for hydroxylation is 1. The monoisotopic (exact) mass is 508 g/mol. The van der Waals surface area contributed by atoms with Crippen LogP contribution in [0.5, 0.6) is 5.75 Å². The van der Waals surface area contributed by atoms with Gasteiger partial charge in [0.25, 0.3) is 5.91 Å². The fourth-order valence-corrected chi connectivity index (χ4v) is 4.05. The highest BCUT2D eigenvalue weighted by atomic mass is 79.9. The van der Waals surface area contributed by atoms with E-state index in [0.717, 1.165) is 22.0 Å². The number of hydrogen-bond donors (Lipinski definition) is 1. The summed E-state index contributed by atoms with van der Waals surface area (Å²) in [6.45, 7) is 2.23. The molecule has 1 N–H and O–H groups in total. The molecule has 0 radical (unpaired) electrons. The predicted molar refractivity (Wildman–Crippen MR) is 134 cm³/mol. The maximum absolute atomic E-state index is 13.4. The van der Waals surface area contributed by atoms with Crippen LogP contribution in [0.25, 0.3) is 0 Å². The Bertz CT molecular complexity index is 1050. The third kappa shape index (κ3) is 7.19. The number of hydrogen-bond acceptors (Lipinski definition) is 3. The van der Waals surface area contributed by atoms with Gasteiger partial charge in [-0.05, 0) is 47.4 Å². The average Bonchev–Trinajstić information content (AvgIpc) is 2.85. The number of rotatable bonds is 10. The third-order valence-electron chi connectivity index (χ3n) is 5.45. The summed E-state index contributed by atoms with van der Waals surface area (Å²) in [4.78, 5) is 27.9. The van der Waals surface area contributed by atoms with Gasteiger partial charge in [0, 0.05) is 24.5 Å². The lowest BCUT2D eigenvalue weighted by atomic mass is 10.0. The number of halogens is 1. The average molecular weight is 509 g/mol. The molecule has 33 heavy (non-hydrogen) atoms. The summed E-state index contributed by atoms with van der Waals surface area (Å²) in [5.41, 5.74) is 3.11. The summed E-state index contributed by atoms with van der Waals surface area (Å²) in [5.74, 6) is 0.163. The molecule has 3 rings (SSSR count). The molecule has 3 aromatic carbocycles. The molecule has 1 atom stereocenters. The molecule has 172 valence electrons.